The van der Waals surface area contributed by atoms with E-state index in [1.165, 1.54) is 27.4 Å². The maximum absolute atomic E-state index is 12.9. The number of aromatic carboxylic acids is 1. The predicted molar refractivity (Wildman–Crippen MR) is 113 cm³/mol. The minimum atomic E-state index is -1.11. The number of methoxy groups -OCH3 is 3. The average molecular weight is 422 g/mol. The number of hydrogen-bond acceptors (Lipinski definition) is 6. The first-order chi connectivity index (χ1) is 14.8. The van der Waals surface area contributed by atoms with Gasteiger partial charge in [-0.2, -0.15) is 0 Å². The van der Waals surface area contributed by atoms with Gasteiger partial charge in [-0.3, -0.25) is 9.59 Å². The number of ether oxygens (including phenoxy) is 3. The molecule has 160 valence electrons. The fraction of sp³-hybridized carbons (Fsp3) is 0.208. The Morgan fingerprint density at radius 3 is 2.13 bits per heavy atom. The lowest BCUT2D eigenvalue weighted by atomic mass is 9.87. The number of hydrogen-bond donors (Lipinski definition) is 1. The molecule has 0 fully saturated rings. The summed E-state index contributed by atoms with van der Waals surface area (Å²) in [6.07, 6.45) is 0.0761. The van der Waals surface area contributed by atoms with Gasteiger partial charge in [0.05, 0.1) is 26.9 Å². The van der Waals surface area contributed by atoms with Gasteiger partial charge in [0.2, 0.25) is 23.1 Å². The molecule has 0 radical (unpaired) electrons. The molecular weight excluding hydrogens is 400 g/mol. The summed E-state index contributed by atoms with van der Waals surface area (Å²) in [6, 6.07) is 12.0. The van der Waals surface area contributed by atoms with Gasteiger partial charge in [-0.05, 0) is 30.2 Å². The molecule has 7 nitrogen and oxygen atoms in total. The van der Waals surface area contributed by atoms with Crippen molar-refractivity contribution in [3.63, 3.8) is 0 Å². The van der Waals surface area contributed by atoms with Crippen LogP contribution >= 0.6 is 0 Å². The maximum Gasteiger partial charge on any atom is 0.336 e. The van der Waals surface area contributed by atoms with Crippen LogP contribution in [0.25, 0.3) is 11.1 Å². The monoisotopic (exact) mass is 422 g/mol. The molecule has 0 amide bonds. The van der Waals surface area contributed by atoms with Crippen LogP contribution in [0.3, 0.4) is 0 Å². The number of ketones is 2. The van der Waals surface area contributed by atoms with Crippen molar-refractivity contribution >= 4 is 17.5 Å². The number of rotatable bonds is 7. The molecule has 0 spiro atoms. The Bertz CT molecular complexity index is 1140. The fourth-order valence-electron chi connectivity index (χ4n) is 3.59. The zero-order valence-electron chi connectivity index (χ0n) is 17.6. The van der Waals surface area contributed by atoms with E-state index in [-0.39, 0.29) is 34.6 Å². The van der Waals surface area contributed by atoms with Gasteiger partial charge >= 0.3 is 5.97 Å². The SMILES string of the molecule is COC1=C(OC)C(=O)C(Cc2ccc(-c3ccccc3OC)c(C(=O)O)c2)=C(C)C1=O. The lowest BCUT2D eigenvalue weighted by Gasteiger charge is -2.20. The Kier molecular flexibility index (Phi) is 6.25. The van der Waals surface area contributed by atoms with Gasteiger partial charge < -0.3 is 19.3 Å². The van der Waals surface area contributed by atoms with Crippen molar-refractivity contribution in [2.24, 2.45) is 0 Å². The van der Waals surface area contributed by atoms with Crippen LogP contribution in [-0.4, -0.2) is 44.0 Å². The van der Waals surface area contributed by atoms with E-state index in [1.807, 2.05) is 0 Å². The van der Waals surface area contributed by atoms with Crippen LogP contribution in [0.1, 0.15) is 22.8 Å². The Morgan fingerprint density at radius 2 is 1.52 bits per heavy atom. The highest BCUT2D eigenvalue weighted by molar-refractivity contribution is 6.23. The van der Waals surface area contributed by atoms with Gasteiger partial charge in [0.1, 0.15) is 5.75 Å². The quantitative estimate of drug-likeness (QED) is 0.681. The lowest BCUT2D eigenvalue weighted by Crippen LogP contribution is -2.26. The number of para-hydroxylation sites is 1. The van der Waals surface area contributed by atoms with Crippen LogP contribution in [0.5, 0.6) is 5.75 Å². The largest absolute Gasteiger partial charge is 0.496 e. The van der Waals surface area contributed by atoms with Crippen molar-refractivity contribution < 1.29 is 33.7 Å². The molecule has 0 unspecified atom stereocenters. The highest BCUT2D eigenvalue weighted by Gasteiger charge is 2.34. The molecule has 1 aliphatic rings. The van der Waals surface area contributed by atoms with Crippen LogP contribution < -0.4 is 4.74 Å². The van der Waals surface area contributed by atoms with Crippen molar-refractivity contribution in [3.05, 3.63) is 76.3 Å². The smallest absolute Gasteiger partial charge is 0.336 e. The number of allylic oxidation sites excluding steroid dienone is 2. The number of carboxylic acid groups (broad SMARTS) is 1. The molecule has 1 N–H and O–H groups in total. The number of carboxylic acids is 1. The first-order valence-corrected chi connectivity index (χ1v) is 9.45. The molecule has 0 aromatic heterocycles. The van der Waals surface area contributed by atoms with Crippen molar-refractivity contribution in [3.8, 4) is 16.9 Å². The third-order valence-corrected chi connectivity index (χ3v) is 5.19. The molecule has 0 saturated carbocycles. The van der Waals surface area contributed by atoms with Crippen LogP contribution in [-0.2, 0) is 25.5 Å². The molecule has 2 aromatic carbocycles. The molecule has 31 heavy (non-hydrogen) atoms. The van der Waals surface area contributed by atoms with E-state index in [2.05, 4.69) is 0 Å². The van der Waals surface area contributed by atoms with E-state index in [4.69, 9.17) is 14.2 Å². The van der Waals surface area contributed by atoms with Crippen LogP contribution in [0.2, 0.25) is 0 Å². The molecule has 0 atom stereocenters. The van der Waals surface area contributed by atoms with E-state index < -0.39 is 17.5 Å². The van der Waals surface area contributed by atoms with Gasteiger partial charge in [-0.15, -0.1) is 0 Å². The van der Waals surface area contributed by atoms with Gasteiger partial charge in [0.15, 0.2) is 0 Å². The van der Waals surface area contributed by atoms with Crippen LogP contribution in [0.15, 0.2) is 65.1 Å². The Hall–Kier alpha value is -3.87. The Balaban J connectivity index is 2.05. The molecule has 7 heteroatoms. The third-order valence-electron chi connectivity index (χ3n) is 5.19. The third kappa shape index (κ3) is 3.94. The van der Waals surface area contributed by atoms with E-state index >= 15 is 0 Å². The highest BCUT2D eigenvalue weighted by Crippen LogP contribution is 2.34. The van der Waals surface area contributed by atoms with Crippen molar-refractivity contribution in [2.75, 3.05) is 21.3 Å². The van der Waals surface area contributed by atoms with E-state index in [1.54, 1.807) is 43.3 Å². The van der Waals surface area contributed by atoms with Crippen molar-refractivity contribution in [1.82, 2.24) is 0 Å². The molecule has 2 aromatic rings. The standard InChI is InChI=1S/C24H22O7/c1-13-17(21(26)23(31-4)22(30-3)20(13)25)11-14-9-10-15(18(12-14)24(27)28)16-7-5-6-8-19(16)29-2/h5-10,12H,11H2,1-4H3,(H,27,28). The lowest BCUT2D eigenvalue weighted by molar-refractivity contribution is -0.121. The van der Waals surface area contributed by atoms with Crippen molar-refractivity contribution in [2.45, 2.75) is 13.3 Å². The molecular formula is C24H22O7. The number of carbonyl (C=O) groups is 3. The summed E-state index contributed by atoms with van der Waals surface area (Å²) < 4.78 is 15.5. The minimum Gasteiger partial charge on any atom is -0.496 e. The van der Waals surface area contributed by atoms with Gasteiger partial charge in [-0.1, -0.05) is 30.3 Å². The van der Waals surface area contributed by atoms with Crippen molar-refractivity contribution in [1.29, 1.82) is 0 Å². The molecule has 3 rings (SSSR count). The molecule has 0 saturated heterocycles. The van der Waals surface area contributed by atoms with E-state index in [0.29, 0.717) is 22.4 Å². The van der Waals surface area contributed by atoms with Gasteiger partial charge in [-0.25, -0.2) is 4.79 Å². The second kappa shape index (κ2) is 8.87. The second-order valence-electron chi connectivity index (χ2n) is 6.89. The van der Waals surface area contributed by atoms with E-state index in [9.17, 15) is 19.5 Å². The van der Waals surface area contributed by atoms with Gasteiger partial charge in [0, 0.05) is 23.1 Å². The summed E-state index contributed by atoms with van der Waals surface area (Å²) >= 11 is 0. The first-order valence-electron chi connectivity index (χ1n) is 9.45. The number of carbonyl (C=O) groups excluding carboxylic acids is 2. The topological polar surface area (TPSA) is 99.1 Å². The second-order valence-corrected chi connectivity index (χ2v) is 6.89. The zero-order chi connectivity index (χ0) is 22.7. The summed E-state index contributed by atoms with van der Waals surface area (Å²) in [6.45, 7) is 1.54. The molecule has 0 heterocycles. The highest BCUT2D eigenvalue weighted by atomic mass is 16.5. The predicted octanol–water partition coefficient (Wildman–Crippen LogP) is 3.58. The number of Topliss-reactive ketones (excluding diaryl/α,β-unsaturated/α-hetero) is 2. The van der Waals surface area contributed by atoms with Gasteiger partial charge in [0.25, 0.3) is 0 Å². The number of benzene rings is 2. The Morgan fingerprint density at radius 1 is 0.871 bits per heavy atom. The summed E-state index contributed by atoms with van der Waals surface area (Å²) in [5.74, 6) is -1.74. The maximum atomic E-state index is 12.9. The molecule has 0 aliphatic heterocycles. The Labute approximate surface area is 179 Å². The van der Waals surface area contributed by atoms with E-state index in [0.717, 1.165) is 0 Å². The normalized spacial score (nSPS) is 14.1. The van der Waals surface area contributed by atoms with Crippen LogP contribution in [0, 0.1) is 0 Å². The fourth-order valence-corrected chi connectivity index (χ4v) is 3.59. The first kappa shape index (κ1) is 21.8. The zero-order valence-corrected chi connectivity index (χ0v) is 17.6. The summed E-state index contributed by atoms with van der Waals surface area (Å²) in [4.78, 5) is 37.4. The molecule has 0 bridgehead atoms. The molecule has 1 aliphatic carbocycles. The summed E-state index contributed by atoms with van der Waals surface area (Å²) in [7, 11) is 4.11. The summed E-state index contributed by atoms with van der Waals surface area (Å²) in [5.41, 5.74) is 2.25. The minimum absolute atomic E-state index is 0.0647. The van der Waals surface area contributed by atoms with Crippen LogP contribution in [0.4, 0.5) is 0 Å². The average Bonchev–Trinajstić information content (AvgIpc) is 2.78. The summed E-state index contributed by atoms with van der Waals surface area (Å²) in [5, 5.41) is 9.80.